The zero-order valence-corrected chi connectivity index (χ0v) is 54.4. The number of rotatable bonds is 10. The molecule has 0 aliphatic heterocycles. The molecule has 0 unspecified atom stereocenters. The molecule has 2 heterocycles. The lowest BCUT2D eigenvalue weighted by atomic mass is 9.72. The van der Waals surface area contributed by atoms with Gasteiger partial charge in [0, 0.05) is 38.3 Å². The molecular formula is C97H64N2. The Morgan fingerprint density at radius 2 is 0.566 bits per heavy atom. The van der Waals surface area contributed by atoms with Gasteiger partial charge in [-0.1, -0.05) is 285 Å². The average Bonchev–Trinajstić information content (AvgIpc) is 1.54. The normalized spacial score (nSPS) is 13.2. The predicted octanol–water partition coefficient (Wildman–Crippen LogP) is 25.6. The molecular weight excluding hydrogens is 1190 g/mol. The molecule has 1 spiro atoms. The molecule has 0 N–H and O–H groups in total. The van der Waals surface area contributed by atoms with Gasteiger partial charge in [0.05, 0.1) is 22.1 Å². The lowest BCUT2D eigenvalue weighted by molar-refractivity contribution is 0.627. The molecule has 0 fully saturated rings. The minimum atomic E-state index is -0.274. The van der Waals surface area contributed by atoms with Crippen LogP contribution >= 0.6 is 0 Å². The first-order valence-electron chi connectivity index (χ1n) is 34.6. The van der Waals surface area contributed by atoms with Crippen LogP contribution in [0.15, 0.2) is 340 Å². The minimum absolute atomic E-state index is 0.274. The number of hydrogen-bond donors (Lipinski definition) is 0. The van der Waals surface area contributed by atoms with Crippen molar-refractivity contribution in [3.05, 3.63) is 384 Å². The van der Waals surface area contributed by atoms with Gasteiger partial charge in [-0.05, 0) is 224 Å². The first kappa shape index (κ1) is 56.7. The molecule has 2 aromatic heterocycles. The van der Waals surface area contributed by atoms with Gasteiger partial charge in [0.15, 0.2) is 0 Å². The summed E-state index contributed by atoms with van der Waals surface area (Å²) in [6, 6.07) is 127. The molecule has 0 amide bonds. The lowest BCUT2D eigenvalue weighted by Gasteiger charge is -2.29. The molecule has 18 aromatic rings. The fourth-order valence-electron chi connectivity index (χ4n) is 16.7. The van der Waals surface area contributed by atoms with E-state index in [4.69, 9.17) is 0 Å². The summed E-state index contributed by atoms with van der Waals surface area (Å²) in [5.41, 5.74) is 29.8. The van der Waals surface area contributed by atoms with Crippen molar-refractivity contribution in [2.75, 3.05) is 0 Å². The highest BCUT2D eigenvalue weighted by Crippen LogP contribution is 2.60. The van der Waals surface area contributed by atoms with E-state index in [9.17, 15) is 0 Å². The fraction of sp³-hybridized carbons (Fsp3) is 0.0309. The highest BCUT2D eigenvalue weighted by Gasteiger charge is 2.49. The summed E-state index contributed by atoms with van der Waals surface area (Å²) in [5, 5.41) is 12.6. The van der Waals surface area contributed by atoms with E-state index in [0.717, 1.165) is 12.8 Å². The first-order valence-corrected chi connectivity index (χ1v) is 34.6. The second kappa shape index (κ2) is 22.8. The predicted molar refractivity (Wildman–Crippen MR) is 420 cm³/mol. The standard InChI is InChI=1S/C97H64N2/c1-3-14-74-56-82(47-41-67(74)11-1)98-93-19-9-7-17-86(93)88-58-77(45-51-95(88)98)69-33-25-63(26-34-69)21-23-65-29-37-71(38-30-65)79-43-49-84-85-50-44-80(62-92(85)97(91(84)61-79)54-53-81-55-73-13-5-6-16-76(73)60-90(81)97)72-39-31-66(32-40-72)24-22-64-27-35-70(36-28-64)78-46-52-96-89(59-78)87-18-8-10-20-94(87)99(96)83-48-42-68-12-2-4-15-75(68)57-83/h1-52,55-62H,53-54H2/b23-21+,24-22+. The van der Waals surface area contributed by atoms with Crippen molar-refractivity contribution < 1.29 is 0 Å². The average molecular weight is 1260 g/mol. The molecule has 2 heteroatoms. The zero-order valence-electron chi connectivity index (χ0n) is 54.4. The molecule has 16 aromatic carbocycles. The van der Waals surface area contributed by atoms with Gasteiger partial charge < -0.3 is 9.13 Å². The van der Waals surface area contributed by atoms with Crippen molar-refractivity contribution in [1.29, 1.82) is 0 Å². The van der Waals surface area contributed by atoms with Crippen molar-refractivity contribution in [1.82, 2.24) is 9.13 Å². The van der Waals surface area contributed by atoms with Gasteiger partial charge in [-0.25, -0.2) is 0 Å². The summed E-state index contributed by atoms with van der Waals surface area (Å²) in [6.07, 6.45) is 11.0. The molecule has 2 aliphatic carbocycles. The van der Waals surface area contributed by atoms with Crippen LogP contribution in [0.3, 0.4) is 0 Å². The largest absolute Gasteiger partial charge is 0.309 e. The third-order valence-corrected chi connectivity index (χ3v) is 21.7. The van der Waals surface area contributed by atoms with Crippen molar-refractivity contribution in [2.45, 2.75) is 18.3 Å². The van der Waals surface area contributed by atoms with Crippen LogP contribution in [0, 0.1) is 0 Å². The van der Waals surface area contributed by atoms with Crippen LogP contribution < -0.4 is 0 Å². The van der Waals surface area contributed by atoms with Crippen LogP contribution in [0.4, 0.5) is 0 Å². The van der Waals surface area contributed by atoms with E-state index < -0.39 is 0 Å². The monoisotopic (exact) mass is 1260 g/mol. The van der Waals surface area contributed by atoms with Gasteiger partial charge in [-0.3, -0.25) is 0 Å². The summed E-state index contributed by atoms with van der Waals surface area (Å²) in [7, 11) is 0. The summed E-state index contributed by atoms with van der Waals surface area (Å²) >= 11 is 0. The number of benzene rings is 16. The molecule has 99 heavy (non-hydrogen) atoms. The summed E-state index contributed by atoms with van der Waals surface area (Å²) < 4.78 is 4.81. The minimum Gasteiger partial charge on any atom is -0.309 e. The zero-order chi connectivity index (χ0) is 65.1. The summed E-state index contributed by atoms with van der Waals surface area (Å²) in [5.74, 6) is 0. The summed E-state index contributed by atoms with van der Waals surface area (Å²) in [4.78, 5) is 0. The maximum Gasteiger partial charge on any atom is 0.0541 e. The number of para-hydroxylation sites is 2. The van der Waals surface area contributed by atoms with Gasteiger partial charge in [-0.2, -0.15) is 0 Å². The van der Waals surface area contributed by atoms with Gasteiger partial charge in [0.1, 0.15) is 0 Å². The molecule has 2 aliphatic rings. The van der Waals surface area contributed by atoms with Crippen molar-refractivity contribution >= 4 is 100 Å². The number of hydrogen-bond acceptors (Lipinski definition) is 0. The molecule has 462 valence electrons. The number of aryl methyl sites for hydroxylation is 1. The molecule has 0 atom stereocenters. The maximum atomic E-state index is 2.52. The SMILES string of the molecule is C(=C\c1ccc(-c2ccc3c(c2)c2ccccc2n3-c2ccc3ccccc3c2)cc1)/c1ccc(-c2ccc3c(c2)C2(CCc4cc5ccccc5cc42)c2cc(-c4ccc(/C=C/c5ccc(-c6ccc7c(c6)c6ccccc6n7-c6ccc7ccccc7c6)cc5)cc4)ccc2-3)cc1. The number of aromatic nitrogens is 2. The highest BCUT2D eigenvalue weighted by molar-refractivity contribution is 6.12. The van der Waals surface area contributed by atoms with Crippen molar-refractivity contribution in [3.63, 3.8) is 0 Å². The second-order valence-corrected chi connectivity index (χ2v) is 27.2. The molecule has 0 saturated carbocycles. The summed E-state index contributed by atoms with van der Waals surface area (Å²) in [6.45, 7) is 0. The smallest absolute Gasteiger partial charge is 0.0541 e. The van der Waals surface area contributed by atoms with E-state index in [0.29, 0.717) is 0 Å². The molecule has 0 saturated heterocycles. The van der Waals surface area contributed by atoms with Gasteiger partial charge >= 0.3 is 0 Å². The van der Waals surface area contributed by atoms with Crippen LogP contribution in [0.2, 0.25) is 0 Å². The van der Waals surface area contributed by atoms with Gasteiger partial charge in [0.25, 0.3) is 0 Å². The van der Waals surface area contributed by atoms with Gasteiger partial charge in [0.2, 0.25) is 0 Å². The van der Waals surface area contributed by atoms with Crippen LogP contribution in [-0.4, -0.2) is 9.13 Å². The Balaban J connectivity index is 0.552. The Morgan fingerprint density at radius 3 is 0.990 bits per heavy atom. The van der Waals surface area contributed by atoms with E-state index in [-0.39, 0.29) is 5.41 Å². The van der Waals surface area contributed by atoms with Crippen molar-refractivity contribution in [2.24, 2.45) is 0 Å². The number of nitrogens with zero attached hydrogens (tertiary/aromatic N) is 2. The van der Waals surface area contributed by atoms with Crippen molar-refractivity contribution in [3.8, 4) is 67.0 Å². The van der Waals surface area contributed by atoms with Crippen LogP contribution in [0.5, 0.6) is 0 Å². The molecule has 2 nitrogen and oxygen atoms in total. The van der Waals surface area contributed by atoms with E-state index in [1.807, 2.05) is 0 Å². The Kier molecular flexibility index (Phi) is 13.0. The molecule has 20 rings (SSSR count). The van der Waals surface area contributed by atoms with E-state index in [1.165, 1.54) is 187 Å². The Bertz CT molecular complexity index is 6030. The van der Waals surface area contributed by atoms with E-state index in [1.54, 1.807) is 0 Å². The maximum absolute atomic E-state index is 2.52. The Labute approximate surface area is 575 Å². The first-order chi connectivity index (χ1) is 49.0. The van der Waals surface area contributed by atoms with Gasteiger partial charge in [-0.15, -0.1) is 0 Å². The quantitative estimate of drug-likeness (QED) is 0.121. The lowest BCUT2D eigenvalue weighted by Crippen LogP contribution is -2.23. The van der Waals surface area contributed by atoms with Crippen LogP contribution in [0.25, 0.3) is 167 Å². The second-order valence-electron chi connectivity index (χ2n) is 27.2. The van der Waals surface area contributed by atoms with Crippen LogP contribution in [-0.2, 0) is 11.8 Å². The Hall–Kier alpha value is -12.6. The highest BCUT2D eigenvalue weighted by atomic mass is 15.0. The van der Waals surface area contributed by atoms with E-state index >= 15 is 0 Å². The fourth-order valence-corrected chi connectivity index (χ4v) is 16.7. The number of fused-ring (bicyclic) bond motifs is 16. The Morgan fingerprint density at radius 1 is 0.232 bits per heavy atom. The third kappa shape index (κ3) is 9.47. The third-order valence-electron chi connectivity index (χ3n) is 21.7. The molecule has 0 bridgehead atoms. The molecule has 0 radical (unpaired) electrons. The van der Waals surface area contributed by atoms with E-state index in [2.05, 4.69) is 373 Å². The van der Waals surface area contributed by atoms with Crippen LogP contribution in [0.1, 0.15) is 50.9 Å². The topological polar surface area (TPSA) is 9.86 Å².